The normalized spacial score (nSPS) is 14.1. The van der Waals surface area contributed by atoms with Crippen molar-refractivity contribution >= 4 is 5.91 Å². The van der Waals surface area contributed by atoms with Gasteiger partial charge >= 0.3 is 0 Å². The number of hydrogen-bond donors (Lipinski definition) is 1. The molecule has 8 heteroatoms. The summed E-state index contributed by atoms with van der Waals surface area (Å²) in [5.74, 6) is 2.29. The predicted octanol–water partition coefficient (Wildman–Crippen LogP) is 2.97. The quantitative estimate of drug-likeness (QED) is 0.572. The van der Waals surface area contributed by atoms with Crippen molar-refractivity contribution in [1.29, 1.82) is 0 Å². The molecule has 1 aromatic carbocycles. The van der Waals surface area contributed by atoms with Crippen LogP contribution >= 0.6 is 0 Å². The lowest BCUT2D eigenvalue weighted by Crippen LogP contribution is -2.28. The van der Waals surface area contributed by atoms with Crippen LogP contribution < -0.4 is 14.8 Å². The zero-order chi connectivity index (χ0) is 21.0. The van der Waals surface area contributed by atoms with Crippen LogP contribution in [0.3, 0.4) is 0 Å². The molecule has 156 valence electrons. The lowest BCUT2D eigenvalue weighted by Gasteiger charge is -2.18. The van der Waals surface area contributed by atoms with Crippen LogP contribution in [-0.2, 0) is 17.6 Å². The smallest absolute Gasteiger partial charge is 0.227 e. The Morgan fingerprint density at radius 1 is 1.27 bits per heavy atom. The van der Waals surface area contributed by atoms with Crippen molar-refractivity contribution in [1.82, 2.24) is 20.4 Å². The minimum atomic E-state index is -0.221. The summed E-state index contributed by atoms with van der Waals surface area (Å²) in [6, 6.07) is 9.55. The van der Waals surface area contributed by atoms with E-state index in [1.54, 1.807) is 18.5 Å². The van der Waals surface area contributed by atoms with Crippen LogP contribution in [0, 0.1) is 0 Å². The van der Waals surface area contributed by atoms with Crippen LogP contribution in [0.25, 0.3) is 11.4 Å². The van der Waals surface area contributed by atoms with Gasteiger partial charge in [-0.25, -0.2) is 0 Å². The summed E-state index contributed by atoms with van der Waals surface area (Å²) >= 11 is 0. The van der Waals surface area contributed by atoms with E-state index in [1.807, 2.05) is 18.2 Å². The minimum absolute atomic E-state index is 0.101. The Kier molecular flexibility index (Phi) is 5.65. The highest BCUT2D eigenvalue weighted by atomic mass is 16.5. The molecule has 1 aliphatic heterocycles. The topological polar surface area (TPSA) is 99.4 Å². The van der Waals surface area contributed by atoms with Crippen molar-refractivity contribution in [2.75, 3.05) is 13.2 Å². The SMILES string of the molecule is CC1(C)Cc2cccc(OCCNC(=O)CCc3nc(-c4cccnc4)no3)c2O1. The van der Waals surface area contributed by atoms with E-state index < -0.39 is 0 Å². The van der Waals surface area contributed by atoms with E-state index in [1.165, 1.54) is 0 Å². The van der Waals surface area contributed by atoms with Gasteiger partial charge in [0.15, 0.2) is 11.5 Å². The standard InChI is InChI=1S/C22H24N4O4/c1-22(2)13-15-5-3-7-17(20(15)29-22)28-12-11-24-18(27)8-9-19-25-21(26-30-19)16-6-4-10-23-14-16/h3-7,10,14H,8-9,11-13H2,1-2H3,(H,24,27). The van der Waals surface area contributed by atoms with Crippen LogP contribution in [0.1, 0.15) is 31.7 Å². The van der Waals surface area contributed by atoms with Gasteiger partial charge in [0, 0.05) is 42.8 Å². The second kappa shape index (κ2) is 8.52. The summed E-state index contributed by atoms with van der Waals surface area (Å²) in [7, 11) is 0. The fourth-order valence-electron chi connectivity index (χ4n) is 3.33. The Morgan fingerprint density at radius 3 is 3.00 bits per heavy atom. The van der Waals surface area contributed by atoms with Crippen LogP contribution in [0.15, 0.2) is 47.2 Å². The molecule has 3 aromatic rings. The van der Waals surface area contributed by atoms with Gasteiger partial charge < -0.3 is 19.3 Å². The summed E-state index contributed by atoms with van der Waals surface area (Å²) in [4.78, 5) is 20.4. The highest BCUT2D eigenvalue weighted by Gasteiger charge is 2.32. The van der Waals surface area contributed by atoms with E-state index in [2.05, 4.69) is 40.4 Å². The number of carbonyl (C=O) groups is 1. The number of fused-ring (bicyclic) bond motifs is 1. The fraction of sp³-hybridized carbons (Fsp3) is 0.364. The summed E-state index contributed by atoms with van der Waals surface area (Å²) in [5.41, 5.74) is 1.70. The van der Waals surface area contributed by atoms with Crippen LogP contribution in [0.5, 0.6) is 11.5 Å². The van der Waals surface area contributed by atoms with E-state index in [0.717, 1.165) is 23.3 Å². The highest BCUT2D eigenvalue weighted by Crippen LogP contribution is 2.41. The van der Waals surface area contributed by atoms with Gasteiger partial charge in [-0.1, -0.05) is 17.3 Å². The largest absolute Gasteiger partial charge is 0.488 e. The number of amides is 1. The van der Waals surface area contributed by atoms with Crippen LogP contribution in [0.4, 0.5) is 0 Å². The number of aromatic nitrogens is 3. The summed E-state index contributed by atoms with van der Waals surface area (Å²) in [6.07, 6.45) is 4.82. The third-order valence-electron chi connectivity index (χ3n) is 4.69. The molecule has 3 heterocycles. The highest BCUT2D eigenvalue weighted by molar-refractivity contribution is 5.76. The fourth-order valence-corrected chi connectivity index (χ4v) is 3.33. The molecule has 1 aliphatic rings. The maximum Gasteiger partial charge on any atom is 0.227 e. The molecule has 0 saturated carbocycles. The Morgan fingerprint density at radius 2 is 2.17 bits per heavy atom. The monoisotopic (exact) mass is 408 g/mol. The van der Waals surface area contributed by atoms with Gasteiger partial charge in [-0.2, -0.15) is 4.98 Å². The van der Waals surface area contributed by atoms with Gasteiger partial charge in [0.2, 0.25) is 17.6 Å². The molecule has 0 radical (unpaired) electrons. The molecule has 0 unspecified atom stereocenters. The van der Waals surface area contributed by atoms with E-state index in [4.69, 9.17) is 14.0 Å². The molecule has 0 atom stereocenters. The molecule has 4 rings (SSSR count). The number of nitrogens with zero attached hydrogens (tertiary/aromatic N) is 3. The van der Waals surface area contributed by atoms with E-state index in [0.29, 0.717) is 37.0 Å². The van der Waals surface area contributed by atoms with Gasteiger partial charge in [0.05, 0.1) is 6.54 Å². The maximum absolute atomic E-state index is 12.1. The molecular weight excluding hydrogens is 384 g/mol. The van der Waals surface area contributed by atoms with E-state index in [-0.39, 0.29) is 17.9 Å². The first kappa shape index (κ1) is 19.9. The van der Waals surface area contributed by atoms with Crippen molar-refractivity contribution in [2.24, 2.45) is 0 Å². The molecule has 2 aromatic heterocycles. The molecule has 0 saturated heterocycles. The Bertz CT molecular complexity index is 1020. The Balaban J connectivity index is 1.20. The zero-order valence-electron chi connectivity index (χ0n) is 17.1. The number of hydrogen-bond acceptors (Lipinski definition) is 7. The van der Waals surface area contributed by atoms with Gasteiger partial charge in [0.1, 0.15) is 12.2 Å². The van der Waals surface area contributed by atoms with Crippen LogP contribution in [0.2, 0.25) is 0 Å². The van der Waals surface area contributed by atoms with Crippen molar-refractivity contribution in [2.45, 2.75) is 38.7 Å². The van der Waals surface area contributed by atoms with E-state index in [9.17, 15) is 4.79 Å². The third-order valence-corrected chi connectivity index (χ3v) is 4.69. The van der Waals surface area contributed by atoms with Gasteiger partial charge in [-0.3, -0.25) is 9.78 Å². The lowest BCUT2D eigenvalue weighted by molar-refractivity contribution is -0.121. The Labute approximate surface area is 174 Å². The number of para-hydroxylation sites is 1. The van der Waals surface area contributed by atoms with Gasteiger partial charge in [0.25, 0.3) is 0 Å². The number of benzene rings is 1. The number of aryl methyl sites for hydroxylation is 1. The molecule has 0 spiro atoms. The number of pyridine rings is 1. The van der Waals surface area contributed by atoms with Gasteiger partial charge in [-0.05, 0) is 32.0 Å². The first-order chi connectivity index (χ1) is 14.5. The molecular formula is C22H24N4O4. The predicted molar refractivity (Wildman–Crippen MR) is 109 cm³/mol. The summed E-state index contributed by atoms with van der Waals surface area (Å²) < 4.78 is 17.0. The lowest BCUT2D eigenvalue weighted by atomic mass is 10.0. The second-order valence-electron chi connectivity index (χ2n) is 7.73. The van der Waals surface area contributed by atoms with Crippen molar-refractivity contribution in [3.63, 3.8) is 0 Å². The summed E-state index contributed by atoms with van der Waals surface area (Å²) in [6.45, 7) is 4.87. The average Bonchev–Trinajstić information content (AvgIpc) is 3.33. The molecule has 0 aliphatic carbocycles. The minimum Gasteiger partial charge on any atom is -0.488 e. The Hall–Kier alpha value is -3.42. The van der Waals surface area contributed by atoms with Gasteiger partial charge in [-0.15, -0.1) is 0 Å². The average molecular weight is 408 g/mol. The molecule has 0 fully saturated rings. The number of carbonyl (C=O) groups excluding carboxylic acids is 1. The molecule has 0 bridgehead atoms. The van der Waals surface area contributed by atoms with E-state index >= 15 is 0 Å². The number of rotatable bonds is 8. The number of nitrogens with one attached hydrogen (secondary N) is 1. The second-order valence-corrected chi connectivity index (χ2v) is 7.73. The molecule has 1 N–H and O–H groups in total. The number of ether oxygens (including phenoxy) is 2. The third kappa shape index (κ3) is 4.76. The van der Waals surface area contributed by atoms with Crippen molar-refractivity contribution in [3.8, 4) is 22.9 Å². The molecule has 8 nitrogen and oxygen atoms in total. The van der Waals surface area contributed by atoms with Crippen LogP contribution in [-0.4, -0.2) is 39.8 Å². The molecule has 30 heavy (non-hydrogen) atoms. The van der Waals surface area contributed by atoms with Crippen molar-refractivity contribution in [3.05, 3.63) is 54.2 Å². The summed E-state index contributed by atoms with van der Waals surface area (Å²) in [5, 5.41) is 6.76. The zero-order valence-corrected chi connectivity index (χ0v) is 17.1. The van der Waals surface area contributed by atoms with Crippen molar-refractivity contribution < 1.29 is 18.8 Å². The first-order valence-electron chi connectivity index (χ1n) is 9.93. The maximum atomic E-state index is 12.1. The molecule has 1 amide bonds. The first-order valence-corrected chi connectivity index (χ1v) is 9.93.